The SMILES string of the molecule is CCC1(c2ccccc2)CCC(N2CCCC2)O1. The fourth-order valence-electron chi connectivity index (χ4n) is 3.44. The molecule has 0 radical (unpaired) electrons. The van der Waals surface area contributed by atoms with Gasteiger partial charge in [-0.15, -0.1) is 0 Å². The number of ether oxygens (including phenoxy) is 1. The Labute approximate surface area is 110 Å². The van der Waals surface area contributed by atoms with Crippen molar-refractivity contribution in [2.75, 3.05) is 13.1 Å². The van der Waals surface area contributed by atoms with E-state index in [2.05, 4.69) is 42.2 Å². The summed E-state index contributed by atoms with van der Waals surface area (Å²) in [6, 6.07) is 10.8. The van der Waals surface area contributed by atoms with Crippen molar-refractivity contribution >= 4 is 0 Å². The lowest BCUT2D eigenvalue weighted by molar-refractivity contribution is -0.107. The van der Waals surface area contributed by atoms with Gasteiger partial charge in [-0.2, -0.15) is 0 Å². The molecule has 2 aliphatic heterocycles. The summed E-state index contributed by atoms with van der Waals surface area (Å²) < 4.78 is 6.49. The average molecular weight is 245 g/mol. The van der Waals surface area contributed by atoms with E-state index in [-0.39, 0.29) is 5.60 Å². The van der Waals surface area contributed by atoms with Gasteiger partial charge in [0.05, 0.1) is 5.60 Å². The molecule has 2 heterocycles. The van der Waals surface area contributed by atoms with Crippen molar-refractivity contribution in [3.8, 4) is 0 Å². The maximum absolute atomic E-state index is 6.49. The largest absolute Gasteiger partial charge is 0.352 e. The van der Waals surface area contributed by atoms with Crippen LogP contribution in [0.5, 0.6) is 0 Å². The first kappa shape index (κ1) is 12.2. The summed E-state index contributed by atoms with van der Waals surface area (Å²) in [5.41, 5.74) is 1.32. The average Bonchev–Trinajstić information content (AvgIpc) is 3.09. The van der Waals surface area contributed by atoms with E-state index in [1.165, 1.54) is 37.9 Å². The predicted octanol–water partition coefficient (Wildman–Crippen LogP) is 3.52. The summed E-state index contributed by atoms with van der Waals surface area (Å²) in [4.78, 5) is 2.53. The Kier molecular flexibility index (Phi) is 3.40. The van der Waals surface area contributed by atoms with Gasteiger partial charge in [0, 0.05) is 13.1 Å². The minimum Gasteiger partial charge on any atom is -0.352 e. The lowest BCUT2D eigenvalue weighted by Crippen LogP contribution is -2.35. The molecule has 98 valence electrons. The molecule has 2 saturated heterocycles. The summed E-state index contributed by atoms with van der Waals surface area (Å²) in [7, 11) is 0. The second-order valence-electron chi connectivity index (χ2n) is 5.57. The third kappa shape index (κ3) is 2.08. The lowest BCUT2D eigenvalue weighted by Gasteiger charge is -2.31. The molecule has 2 nitrogen and oxygen atoms in total. The van der Waals surface area contributed by atoms with E-state index < -0.39 is 0 Å². The Morgan fingerprint density at radius 3 is 2.61 bits per heavy atom. The Balaban J connectivity index is 1.78. The maximum Gasteiger partial charge on any atom is 0.111 e. The van der Waals surface area contributed by atoms with Crippen LogP contribution in [0.25, 0.3) is 0 Å². The van der Waals surface area contributed by atoms with Crippen molar-refractivity contribution in [3.05, 3.63) is 35.9 Å². The molecule has 0 aromatic heterocycles. The first-order valence-electron chi connectivity index (χ1n) is 7.31. The van der Waals surface area contributed by atoms with Gasteiger partial charge in [-0.1, -0.05) is 37.3 Å². The van der Waals surface area contributed by atoms with Gasteiger partial charge in [0.1, 0.15) is 6.23 Å². The molecule has 0 spiro atoms. The van der Waals surface area contributed by atoms with E-state index in [0.717, 1.165) is 12.8 Å². The molecule has 18 heavy (non-hydrogen) atoms. The minimum atomic E-state index is -0.0332. The zero-order chi connectivity index (χ0) is 12.4. The molecule has 1 aromatic rings. The second kappa shape index (κ2) is 5.02. The Morgan fingerprint density at radius 1 is 1.22 bits per heavy atom. The minimum absolute atomic E-state index is 0.0332. The lowest BCUT2D eigenvalue weighted by atomic mass is 9.88. The molecule has 2 heteroatoms. The molecule has 2 aliphatic rings. The Morgan fingerprint density at radius 2 is 1.94 bits per heavy atom. The van der Waals surface area contributed by atoms with Crippen LogP contribution in [0.1, 0.15) is 44.6 Å². The molecule has 0 saturated carbocycles. The molecule has 3 rings (SSSR count). The van der Waals surface area contributed by atoms with Gasteiger partial charge >= 0.3 is 0 Å². The Hall–Kier alpha value is -0.860. The van der Waals surface area contributed by atoms with Gasteiger partial charge in [0.25, 0.3) is 0 Å². The van der Waals surface area contributed by atoms with Gasteiger partial charge in [-0.05, 0) is 37.7 Å². The van der Waals surface area contributed by atoms with Crippen LogP contribution in [0.4, 0.5) is 0 Å². The molecule has 1 aromatic carbocycles. The van der Waals surface area contributed by atoms with Crippen LogP contribution in [0, 0.1) is 0 Å². The summed E-state index contributed by atoms with van der Waals surface area (Å²) >= 11 is 0. The number of hydrogen-bond donors (Lipinski definition) is 0. The second-order valence-corrected chi connectivity index (χ2v) is 5.57. The molecule has 2 atom stereocenters. The quantitative estimate of drug-likeness (QED) is 0.808. The zero-order valence-electron chi connectivity index (χ0n) is 11.3. The molecule has 0 bridgehead atoms. The molecule has 2 unspecified atom stereocenters. The predicted molar refractivity (Wildman–Crippen MR) is 73.3 cm³/mol. The van der Waals surface area contributed by atoms with Crippen molar-refractivity contribution in [2.24, 2.45) is 0 Å². The Bertz CT molecular complexity index is 385. The first-order chi connectivity index (χ1) is 8.84. The smallest absolute Gasteiger partial charge is 0.111 e. The topological polar surface area (TPSA) is 12.5 Å². The molecular formula is C16H23NO. The van der Waals surface area contributed by atoms with E-state index in [9.17, 15) is 0 Å². The fourth-order valence-corrected chi connectivity index (χ4v) is 3.44. The maximum atomic E-state index is 6.49. The summed E-state index contributed by atoms with van der Waals surface area (Å²) in [5, 5.41) is 0. The van der Waals surface area contributed by atoms with Gasteiger partial charge in [-0.25, -0.2) is 0 Å². The van der Waals surface area contributed by atoms with E-state index in [4.69, 9.17) is 4.74 Å². The van der Waals surface area contributed by atoms with Crippen LogP contribution in [-0.2, 0) is 10.3 Å². The van der Waals surface area contributed by atoms with Gasteiger partial charge < -0.3 is 4.74 Å². The number of benzene rings is 1. The number of rotatable bonds is 3. The van der Waals surface area contributed by atoms with E-state index in [1.807, 2.05) is 0 Å². The normalized spacial score (nSPS) is 33.1. The van der Waals surface area contributed by atoms with Gasteiger partial charge in [0.2, 0.25) is 0 Å². The first-order valence-corrected chi connectivity index (χ1v) is 7.31. The molecule has 0 N–H and O–H groups in total. The van der Waals surface area contributed by atoms with Crippen LogP contribution in [-0.4, -0.2) is 24.2 Å². The van der Waals surface area contributed by atoms with E-state index in [1.54, 1.807) is 0 Å². The molecule has 0 amide bonds. The number of likely N-dealkylation sites (tertiary alicyclic amines) is 1. The van der Waals surface area contributed by atoms with Crippen LogP contribution in [0.15, 0.2) is 30.3 Å². The van der Waals surface area contributed by atoms with Gasteiger partial charge in [-0.3, -0.25) is 4.90 Å². The zero-order valence-corrected chi connectivity index (χ0v) is 11.3. The van der Waals surface area contributed by atoms with Crippen LogP contribution < -0.4 is 0 Å². The monoisotopic (exact) mass is 245 g/mol. The highest BCUT2D eigenvalue weighted by Gasteiger charge is 2.42. The van der Waals surface area contributed by atoms with Crippen LogP contribution >= 0.6 is 0 Å². The summed E-state index contributed by atoms with van der Waals surface area (Å²) in [6.45, 7) is 4.69. The summed E-state index contributed by atoms with van der Waals surface area (Å²) in [5.74, 6) is 0. The molecule has 0 aliphatic carbocycles. The number of hydrogen-bond acceptors (Lipinski definition) is 2. The third-order valence-corrected chi connectivity index (χ3v) is 4.58. The van der Waals surface area contributed by atoms with E-state index >= 15 is 0 Å². The van der Waals surface area contributed by atoms with Gasteiger partial charge in [0.15, 0.2) is 0 Å². The number of nitrogens with zero attached hydrogens (tertiary/aromatic N) is 1. The highest BCUT2D eigenvalue weighted by Crippen LogP contribution is 2.43. The molecule has 2 fully saturated rings. The molecular weight excluding hydrogens is 222 g/mol. The van der Waals surface area contributed by atoms with Crippen molar-refractivity contribution in [2.45, 2.75) is 50.9 Å². The van der Waals surface area contributed by atoms with Crippen molar-refractivity contribution in [1.82, 2.24) is 4.90 Å². The summed E-state index contributed by atoms with van der Waals surface area (Å²) in [6.07, 6.45) is 6.44. The van der Waals surface area contributed by atoms with Crippen LogP contribution in [0.2, 0.25) is 0 Å². The standard InChI is InChI=1S/C16H23NO/c1-2-16(14-8-4-3-5-9-14)11-10-15(18-16)17-12-6-7-13-17/h3-5,8-9,15H,2,6-7,10-13H2,1H3. The third-order valence-electron chi connectivity index (χ3n) is 4.58. The highest BCUT2D eigenvalue weighted by atomic mass is 16.5. The van der Waals surface area contributed by atoms with Crippen molar-refractivity contribution in [3.63, 3.8) is 0 Å². The fraction of sp³-hybridized carbons (Fsp3) is 0.625. The van der Waals surface area contributed by atoms with Crippen LogP contribution in [0.3, 0.4) is 0 Å². The highest BCUT2D eigenvalue weighted by molar-refractivity contribution is 5.23. The van der Waals surface area contributed by atoms with Crippen molar-refractivity contribution in [1.29, 1.82) is 0 Å². The van der Waals surface area contributed by atoms with E-state index in [0.29, 0.717) is 6.23 Å². The van der Waals surface area contributed by atoms with Crippen molar-refractivity contribution < 1.29 is 4.74 Å².